The van der Waals surface area contributed by atoms with Crippen molar-refractivity contribution in [1.82, 2.24) is 0 Å². The zero-order valence-corrected chi connectivity index (χ0v) is 15.4. The lowest BCUT2D eigenvalue weighted by Gasteiger charge is -2.02. The highest BCUT2D eigenvalue weighted by Crippen LogP contribution is 2.30. The Kier molecular flexibility index (Phi) is 34.2. The van der Waals surface area contributed by atoms with E-state index in [0.717, 1.165) is 0 Å². The first kappa shape index (κ1) is 27.8. The Hall–Kier alpha value is 2.55. The molecule has 1 unspecified atom stereocenters. The van der Waals surface area contributed by atoms with E-state index in [1.165, 1.54) is 13.1 Å². The van der Waals surface area contributed by atoms with Crippen LogP contribution in [0.25, 0.3) is 0 Å². The van der Waals surface area contributed by atoms with Crippen molar-refractivity contribution in [3.8, 4) is 0 Å². The van der Waals surface area contributed by atoms with Gasteiger partial charge in [0.2, 0.25) is 0 Å². The van der Waals surface area contributed by atoms with Gasteiger partial charge in [-0.3, -0.25) is 0 Å². The third kappa shape index (κ3) is 165. The molecule has 0 aromatic heterocycles. The first-order valence-corrected chi connectivity index (χ1v) is 7.09. The third-order valence-corrected chi connectivity index (χ3v) is 1.20. The van der Waals surface area contributed by atoms with Crippen molar-refractivity contribution in [2.24, 2.45) is 0 Å². The van der Waals surface area contributed by atoms with E-state index in [0.29, 0.717) is 6.42 Å². The second-order valence-electron chi connectivity index (χ2n) is 1.55. The molecule has 0 aliphatic heterocycles. The SMILES string of the molecule is C.C=CCl.CCC(Cl)(Cl)Cl.ClC(Cl)(Cl)Cl.[3H][B]P. The minimum atomic E-state index is -1.61. The lowest BCUT2D eigenvalue weighted by atomic mass is 10.6. The fourth-order valence-corrected chi connectivity index (χ4v) is 0. The standard InChI is InChI=1S/C3H5Cl3.C2H3Cl.CCl4.CH4.BH3P/c1-2-3(4,5)6;1-2-3;2-1(3,4)5;;1-2/h2H2,1H3;2H,1H2;;1H4;1H,2H2/i;;;;1T. The Bertz CT molecular complexity index is 143. The summed E-state index contributed by atoms with van der Waals surface area (Å²) < 4.78 is 3.39. The fraction of sp³-hybridized carbons (Fsp3) is 0.714. The summed E-state index contributed by atoms with van der Waals surface area (Å²) in [6.07, 6.45) is 0.567. The molecule has 0 spiro atoms. The van der Waals surface area contributed by atoms with Crippen LogP contribution in [0.5, 0.6) is 0 Å². The van der Waals surface area contributed by atoms with Crippen LogP contribution in [0.15, 0.2) is 12.1 Å². The van der Waals surface area contributed by atoms with Crippen molar-refractivity contribution in [2.75, 3.05) is 0 Å². The molecule has 0 nitrogen and oxygen atoms in total. The monoisotopic (exact) mass is 423 g/mol. The molecule has 0 aromatic carbocycles. The van der Waals surface area contributed by atoms with E-state index in [-0.39, 0.29) is 7.43 Å². The van der Waals surface area contributed by atoms with Gasteiger partial charge >= 0.3 is 0 Å². The van der Waals surface area contributed by atoms with E-state index < -0.39 is 7.04 Å². The molecule has 0 heterocycles. The normalized spacial score (nSPS) is 9.41. The third-order valence-electron chi connectivity index (χ3n) is 0.401. The van der Waals surface area contributed by atoms with Crippen LogP contribution in [0.1, 0.15) is 20.8 Å². The molecule has 0 fully saturated rings. The fourth-order valence-electron chi connectivity index (χ4n) is 0. The molecule has 0 bridgehead atoms. The molecule has 0 saturated heterocycles. The van der Waals surface area contributed by atoms with Gasteiger partial charge in [0.1, 0.15) is 7.53 Å². The van der Waals surface area contributed by atoms with Crippen LogP contribution in [0.4, 0.5) is 0 Å². The average molecular weight is 427 g/mol. The van der Waals surface area contributed by atoms with E-state index in [9.17, 15) is 0 Å². The predicted molar refractivity (Wildman–Crippen MR) is 96.4 cm³/mol. The maximum atomic E-state index is 6.05. The van der Waals surface area contributed by atoms with Crippen LogP contribution in [0, 0.1) is 0 Å². The lowest BCUT2D eigenvalue weighted by molar-refractivity contribution is 0.974. The van der Waals surface area contributed by atoms with Gasteiger partial charge in [-0.15, -0.1) is 0 Å². The van der Waals surface area contributed by atoms with Crippen LogP contribution < -0.4 is 0 Å². The largest absolute Gasteiger partial charge is 0.266 e. The van der Waals surface area contributed by atoms with Gasteiger partial charge in [-0.05, 0) is 13.3 Å². The minimum Gasteiger partial charge on any atom is -0.183 e. The molecule has 0 amide bonds. The molecule has 0 saturated carbocycles. The Labute approximate surface area is 149 Å². The number of alkyl halides is 7. The molecule has 1 atom stereocenters. The summed E-state index contributed by atoms with van der Waals surface area (Å²) in [5, 5.41) is 0. The van der Waals surface area contributed by atoms with Crippen LogP contribution >= 0.6 is 102 Å². The van der Waals surface area contributed by atoms with Crippen molar-refractivity contribution < 1.29 is 0 Å². The maximum Gasteiger partial charge on any atom is 0.266 e. The molecule has 0 aromatic rings. The van der Waals surface area contributed by atoms with Crippen LogP contribution in [-0.4, -0.2) is 15.9 Å². The summed E-state index contributed by atoms with van der Waals surface area (Å²) in [5.41, 5.74) is 1.22. The molecule has 0 aliphatic carbocycles. The van der Waals surface area contributed by atoms with Crippen LogP contribution in [0.3, 0.4) is 0 Å². The zero-order chi connectivity index (χ0) is 15.1. The van der Waals surface area contributed by atoms with Crippen LogP contribution in [-0.2, 0) is 0 Å². The summed E-state index contributed by atoms with van der Waals surface area (Å²) in [5.74, 6) is 0. The van der Waals surface area contributed by atoms with Gasteiger partial charge in [0.15, 0.2) is 3.79 Å². The van der Waals surface area contributed by atoms with Crippen LogP contribution in [0.2, 0.25) is 0 Å². The van der Waals surface area contributed by atoms with Gasteiger partial charge in [-0.2, -0.15) is 9.12 Å². The maximum absolute atomic E-state index is 6.05. The van der Waals surface area contributed by atoms with Gasteiger partial charge in [0.25, 0.3) is 3.25 Å². The number of rotatable bonds is 0. The van der Waals surface area contributed by atoms with Crippen molar-refractivity contribution in [3.05, 3.63) is 12.1 Å². The summed E-state index contributed by atoms with van der Waals surface area (Å²) >= 11 is 39.8. The van der Waals surface area contributed by atoms with Crippen molar-refractivity contribution in [1.29, 1.82) is 1.34 Å². The van der Waals surface area contributed by atoms with E-state index >= 15 is 0 Å². The average Bonchev–Trinajstić information content (AvgIpc) is 2.02. The Morgan fingerprint density at radius 1 is 1.24 bits per heavy atom. The number of halogens is 8. The smallest absolute Gasteiger partial charge is 0.183 e. The van der Waals surface area contributed by atoms with Gasteiger partial charge in [-0.25, -0.2) is 0 Å². The first-order chi connectivity index (χ1) is 7.39. The van der Waals surface area contributed by atoms with E-state index in [1.807, 2.05) is 6.92 Å². The van der Waals surface area contributed by atoms with E-state index in [1.54, 1.807) is 0 Å². The Balaban J connectivity index is -0.0000000429. The quantitative estimate of drug-likeness (QED) is 0.222. The summed E-state index contributed by atoms with van der Waals surface area (Å²) in [6.45, 7) is 4.94. The molecule has 10 heteroatoms. The summed E-state index contributed by atoms with van der Waals surface area (Å²) in [4.78, 5) is 0. The van der Waals surface area contributed by atoms with Gasteiger partial charge in [0, 0.05) is 0 Å². The predicted octanol–water partition coefficient (Wildman–Crippen LogP) is 7.00. The molecule has 0 aliphatic rings. The molecule has 0 rings (SSSR count). The van der Waals surface area contributed by atoms with Gasteiger partial charge < -0.3 is 0 Å². The highest BCUT2D eigenvalue weighted by molar-refractivity contribution is 7.49. The highest BCUT2D eigenvalue weighted by atomic mass is 35.6. The van der Waals surface area contributed by atoms with Gasteiger partial charge in [0.05, 0.1) is 0 Å². The molecular formula is C7H15BCl8P. The molecule has 107 valence electrons. The molecule has 1 radical (unpaired) electrons. The highest BCUT2D eigenvalue weighted by Gasteiger charge is 2.14. The summed E-state index contributed by atoms with van der Waals surface area (Å²) in [7, 11) is 3.29. The van der Waals surface area contributed by atoms with Gasteiger partial charge in [-0.1, -0.05) is 114 Å². The second kappa shape index (κ2) is 20.9. The van der Waals surface area contributed by atoms with Crippen molar-refractivity contribution >= 4 is 109 Å². The van der Waals surface area contributed by atoms with E-state index in [2.05, 4.69) is 15.7 Å². The second-order valence-corrected chi connectivity index (χ2v) is 7.80. The molecular weight excluding hydrogens is 409 g/mol. The van der Waals surface area contributed by atoms with Crippen molar-refractivity contribution in [3.63, 3.8) is 0 Å². The molecule has 0 N–H and O–H groups in total. The van der Waals surface area contributed by atoms with Crippen molar-refractivity contribution in [2.45, 2.75) is 27.8 Å². The molecule has 17 heavy (non-hydrogen) atoms. The lowest BCUT2D eigenvalue weighted by Crippen LogP contribution is -1.95. The minimum absolute atomic E-state index is 0. The zero-order valence-electron chi connectivity index (χ0n) is 9.17. The van der Waals surface area contributed by atoms with E-state index in [4.69, 9.17) is 94.1 Å². The Morgan fingerprint density at radius 3 is 1.29 bits per heavy atom. The summed E-state index contributed by atoms with van der Waals surface area (Å²) in [6, 6.07) is 0. The topological polar surface area (TPSA) is 0 Å². The number of hydrogen-bond donors (Lipinski definition) is 0. The first-order valence-electron chi connectivity index (χ1n) is 3.92. The number of hydrogen-bond acceptors (Lipinski definition) is 0. The Morgan fingerprint density at radius 2 is 1.29 bits per heavy atom.